The van der Waals surface area contributed by atoms with Crippen LogP contribution in [-0.2, 0) is 21.3 Å². The van der Waals surface area contributed by atoms with Crippen LogP contribution in [0.3, 0.4) is 0 Å². The van der Waals surface area contributed by atoms with Crippen molar-refractivity contribution in [2.45, 2.75) is 18.4 Å². The van der Waals surface area contributed by atoms with Gasteiger partial charge in [0.1, 0.15) is 5.75 Å². The molecule has 1 aromatic heterocycles. The average Bonchev–Trinajstić information content (AvgIpc) is 3.28. The molecule has 0 amide bonds. The van der Waals surface area contributed by atoms with E-state index in [-0.39, 0.29) is 11.4 Å². The minimum atomic E-state index is -3.64. The highest BCUT2D eigenvalue weighted by Gasteiger charge is 2.27. The summed E-state index contributed by atoms with van der Waals surface area (Å²) in [6.07, 6.45) is 0. The molecule has 1 aliphatic heterocycles. The van der Waals surface area contributed by atoms with E-state index in [2.05, 4.69) is 15.5 Å². The summed E-state index contributed by atoms with van der Waals surface area (Å²) < 4.78 is 43.7. The zero-order valence-electron chi connectivity index (χ0n) is 17.5. The van der Waals surface area contributed by atoms with Crippen molar-refractivity contribution >= 4 is 27.3 Å². The number of benzene rings is 2. The number of hydrogen-bond donors (Lipinski definition) is 1. The van der Waals surface area contributed by atoms with Crippen LogP contribution in [0.25, 0.3) is 11.4 Å². The highest BCUT2D eigenvalue weighted by atomic mass is 35.5. The predicted molar refractivity (Wildman–Crippen MR) is 119 cm³/mol. The van der Waals surface area contributed by atoms with Crippen molar-refractivity contribution in [1.82, 2.24) is 14.4 Å². The molecule has 0 bridgehead atoms. The summed E-state index contributed by atoms with van der Waals surface area (Å²) >= 11 is 5.92. The monoisotopic (exact) mass is 478 g/mol. The van der Waals surface area contributed by atoms with Crippen molar-refractivity contribution in [2.75, 3.05) is 38.2 Å². The molecule has 2 aromatic carbocycles. The van der Waals surface area contributed by atoms with Gasteiger partial charge in [-0.2, -0.15) is 9.29 Å². The molecule has 3 aromatic rings. The van der Waals surface area contributed by atoms with Crippen molar-refractivity contribution < 1.29 is 22.4 Å². The highest BCUT2D eigenvalue weighted by Crippen LogP contribution is 2.30. The van der Waals surface area contributed by atoms with Crippen molar-refractivity contribution in [2.24, 2.45) is 0 Å². The molecular formula is C21H23ClN4O5S. The van der Waals surface area contributed by atoms with Gasteiger partial charge in [-0.05, 0) is 49.4 Å². The average molecular weight is 479 g/mol. The van der Waals surface area contributed by atoms with Gasteiger partial charge in [-0.3, -0.25) is 0 Å². The van der Waals surface area contributed by atoms with Gasteiger partial charge < -0.3 is 19.3 Å². The molecule has 170 valence electrons. The smallest absolute Gasteiger partial charge is 0.246 e. The first-order valence-corrected chi connectivity index (χ1v) is 12.0. The fourth-order valence-electron chi connectivity index (χ4n) is 3.24. The Labute approximate surface area is 191 Å². The Morgan fingerprint density at radius 1 is 1.16 bits per heavy atom. The Bertz CT molecular complexity index is 1160. The maximum Gasteiger partial charge on any atom is 0.246 e. The van der Waals surface area contributed by atoms with E-state index >= 15 is 0 Å². The molecule has 11 heteroatoms. The number of sulfonamides is 1. The Hall–Kier alpha value is -2.66. The Kier molecular flexibility index (Phi) is 6.95. The molecule has 0 saturated carbocycles. The molecule has 0 aliphatic carbocycles. The molecule has 9 nitrogen and oxygen atoms in total. The van der Waals surface area contributed by atoms with Crippen LogP contribution >= 0.6 is 11.6 Å². The van der Waals surface area contributed by atoms with Crippen LogP contribution in [0.2, 0.25) is 5.02 Å². The third kappa shape index (κ3) is 5.04. The molecule has 0 unspecified atom stereocenters. The Balaban J connectivity index is 1.53. The first-order valence-electron chi connectivity index (χ1n) is 10.1. The van der Waals surface area contributed by atoms with Crippen molar-refractivity contribution in [3.8, 4) is 17.1 Å². The quantitative estimate of drug-likeness (QED) is 0.524. The van der Waals surface area contributed by atoms with Gasteiger partial charge >= 0.3 is 0 Å². The first-order chi connectivity index (χ1) is 15.5. The zero-order valence-corrected chi connectivity index (χ0v) is 19.0. The molecule has 1 N–H and O–H groups in total. The summed E-state index contributed by atoms with van der Waals surface area (Å²) in [4.78, 5) is 4.56. The minimum absolute atomic E-state index is 0.178. The molecular weight excluding hydrogens is 456 g/mol. The van der Waals surface area contributed by atoms with Crippen molar-refractivity contribution in [3.05, 3.63) is 53.4 Å². The van der Waals surface area contributed by atoms with E-state index in [1.165, 1.54) is 4.31 Å². The van der Waals surface area contributed by atoms with Gasteiger partial charge in [-0.15, -0.1) is 0 Å². The summed E-state index contributed by atoms with van der Waals surface area (Å²) in [5.41, 5.74) is 1.30. The third-order valence-corrected chi connectivity index (χ3v) is 7.01. The maximum atomic E-state index is 13.0. The zero-order chi connectivity index (χ0) is 22.6. The van der Waals surface area contributed by atoms with Gasteiger partial charge in [0.2, 0.25) is 21.7 Å². The first kappa shape index (κ1) is 22.5. The van der Waals surface area contributed by atoms with Crippen LogP contribution in [0, 0.1) is 0 Å². The highest BCUT2D eigenvalue weighted by molar-refractivity contribution is 7.89. The molecule has 1 aliphatic rings. The van der Waals surface area contributed by atoms with E-state index in [0.717, 1.165) is 5.56 Å². The van der Waals surface area contributed by atoms with E-state index in [4.69, 9.17) is 25.6 Å². The number of morpholine rings is 1. The fourth-order valence-corrected chi connectivity index (χ4v) is 4.80. The van der Waals surface area contributed by atoms with E-state index < -0.39 is 10.0 Å². The van der Waals surface area contributed by atoms with E-state index in [9.17, 15) is 8.42 Å². The lowest BCUT2D eigenvalue weighted by Crippen LogP contribution is -2.40. The van der Waals surface area contributed by atoms with Crippen molar-refractivity contribution in [1.29, 1.82) is 0 Å². The van der Waals surface area contributed by atoms with Gasteiger partial charge in [-0.1, -0.05) is 16.8 Å². The van der Waals surface area contributed by atoms with Gasteiger partial charge in [0.05, 0.1) is 36.9 Å². The molecule has 0 atom stereocenters. The largest absolute Gasteiger partial charge is 0.492 e. The Morgan fingerprint density at radius 3 is 2.62 bits per heavy atom. The second-order valence-corrected chi connectivity index (χ2v) is 9.35. The van der Waals surface area contributed by atoms with E-state index in [1.807, 2.05) is 6.92 Å². The number of nitrogens with one attached hydrogen (secondary N) is 1. The molecule has 4 rings (SSSR count). The van der Waals surface area contributed by atoms with E-state index in [0.29, 0.717) is 61.1 Å². The van der Waals surface area contributed by atoms with Crippen LogP contribution in [0.1, 0.15) is 12.8 Å². The molecule has 32 heavy (non-hydrogen) atoms. The number of anilines is 1. The predicted octanol–water partition coefficient (Wildman–Crippen LogP) is 3.42. The minimum Gasteiger partial charge on any atom is -0.492 e. The molecule has 2 heterocycles. The van der Waals surface area contributed by atoms with Crippen LogP contribution in [0.4, 0.5) is 5.69 Å². The van der Waals surface area contributed by atoms with Crippen LogP contribution in [0.5, 0.6) is 5.75 Å². The number of ether oxygens (including phenoxy) is 2. The number of hydrogen-bond acceptors (Lipinski definition) is 8. The second kappa shape index (κ2) is 9.86. The number of aromatic nitrogens is 2. The lowest BCUT2D eigenvalue weighted by molar-refractivity contribution is 0.0730. The lowest BCUT2D eigenvalue weighted by atomic mass is 10.2. The lowest BCUT2D eigenvalue weighted by Gasteiger charge is -2.26. The SMILES string of the molecule is CCOc1ccc(S(=O)(=O)N2CCOCC2)cc1NCc1nc(-c2ccc(Cl)cc2)no1. The summed E-state index contributed by atoms with van der Waals surface area (Å²) in [5.74, 6) is 1.32. The normalized spacial score (nSPS) is 14.9. The topological polar surface area (TPSA) is 107 Å². The van der Waals surface area contributed by atoms with E-state index in [1.54, 1.807) is 42.5 Å². The van der Waals surface area contributed by atoms with Crippen LogP contribution < -0.4 is 10.1 Å². The maximum absolute atomic E-state index is 13.0. The fraction of sp³-hybridized carbons (Fsp3) is 0.333. The summed E-state index contributed by atoms with van der Waals surface area (Å²) in [6, 6.07) is 11.9. The summed E-state index contributed by atoms with van der Waals surface area (Å²) in [5, 5.41) is 7.76. The number of rotatable bonds is 8. The Morgan fingerprint density at radius 2 is 1.91 bits per heavy atom. The molecule has 0 radical (unpaired) electrons. The van der Waals surface area contributed by atoms with Gasteiger partial charge in [0.25, 0.3) is 0 Å². The van der Waals surface area contributed by atoms with Crippen molar-refractivity contribution in [3.63, 3.8) is 0 Å². The third-order valence-electron chi connectivity index (χ3n) is 4.86. The molecule has 0 spiro atoms. The number of nitrogens with zero attached hydrogens (tertiary/aromatic N) is 3. The summed E-state index contributed by atoms with van der Waals surface area (Å²) in [6.45, 7) is 3.91. The van der Waals surface area contributed by atoms with Gasteiger partial charge in [-0.25, -0.2) is 8.42 Å². The standard InChI is InChI=1S/C21H23ClN4O5S/c1-2-30-19-8-7-17(32(27,28)26-9-11-29-12-10-26)13-18(19)23-14-20-24-21(25-31-20)15-3-5-16(22)6-4-15/h3-8,13,23H,2,9-12,14H2,1H3. The van der Waals surface area contributed by atoms with Crippen LogP contribution in [0.15, 0.2) is 51.9 Å². The number of halogens is 1. The van der Waals surface area contributed by atoms with Crippen LogP contribution in [-0.4, -0.2) is 55.8 Å². The molecule has 1 fully saturated rings. The summed E-state index contributed by atoms with van der Waals surface area (Å²) in [7, 11) is -3.64. The van der Waals surface area contributed by atoms with Gasteiger partial charge in [0.15, 0.2) is 0 Å². The second-order valence-electron chi connectivity index (χ2n) is 6.98. The molecule has 1 saturated heterocycles. The van der Waals surface area contributed by atoms with Gasteiger partial charge in [0, 0.05) is 23.7 Å².